The van der Waals surface area contributed by atoms with Gasteiger partial charge in [0.25, 0.3) is 5.91 Å². The molecule has 1 aromatic carbocycles. The largest absolute Gasteiger partial charge is 0.480 e. The van der Waals surface area contributed by atoms with Crippen molar-refractivity contribution in [2.45, 2.75) is 25.8 Å². The normalized spacial score (nSPS) is 18.4. The summed E-state index contributed by atoms with van der Waals surface area (Å²) in [5.74, 6) is -1.32. The fourth-order valence-corrected chi connectivity index (χ4v) is 2.28. The maximum absolute atomic E-state index is 12.2. The van der Waals surface area contributed by atoms with Crippen LogP contribution in [0.25, 0.3) is 0 Å². The standard InChI is InChI=1S/C14H15NO4/c1-9(16)10-4-6-11(7-5-10)13(17)15-8-2-3-12(15)14(18)19/h4-7,12H,2-3,8H2,1H3,(H,18,19)/t12-/m0/s1. The number of hydrogen-bond donors (Lipinski definition) is 1. The van der Waals surface area contributed by atoms with Crippen LogP contribution in [0, 0.1) is 0 Å². The molecule has 0 unspecified atom stereocenters. The molecule has 1 heterocycles. The lowest BCUT2D eigenvalue weighted by molar-refractivity contribution is -0.141. The van der Waals surface area contributed by atoms with Crippen LogP contribution >= 0.6 is 0 Å². The molecule has 1 N–H and O–H groups in total. The van der Waals surface area contributed by atoms with E-state index in [4.69, 9.17) is 5.11 Å². The quantitative estimate of drug-likeness (QED) is 0.838. The number of carboxylic acids is 1. The third-order valence-corrected chi connectivity index (χ3v) is 3.34. The van der Waals surface area contributed by atoms with Crippen molar-refractivity contribution in [3.63, 3.8) is 0 Å². The number of amides is 1. The van der Waals surface area contributed by atoms with Gasteiger partial charge in [0.15, 0.2) is 5.78 Å². The molecule has 100 valence electrons. The number of aliphatic carboxylic acids is 1. The summed E-state index contributed by atoms with van der Waals surface area (Å²) >= 11 is 0. The second-order valence-corrected chi connectivity index (χ2v) is 4.63. The van der Waals surface area contributed by atoms with Crippen molar-refractivity contribution in [3.05, 3.63) is 35.4 Å². The van der Waals surface area contributed by atoms with Crippen LogP contribution in [-0.4, -0.2) is 40.3 Å². The number of carbonyl (C=O) groups is 3. The van der Waals surface area contributed by atoms with Gasteiger partial charge in [-0.3, -0.25) is 9.59 Å². The van der Waals surface area contributed by atoms with Crippen molar-refractivity contribution in [3.8, 4) is 0 Å². The second-order valence-electron chi connectivity index (χ2n) is 4.63. The molecule has 0 saturated carbocycles. The number of carbonyl (C=O) groups excluding carboxylic acids is 2. The zero-order valence-electron chi connectivity index (χ0n) is 10.6. The number of ketones is 1. The summed E-state index contributed by atoms with van der Waals surface area (Å²) < 4.78 is 0. The lowest BCUT2D eigenvalue weighted by Gasteiger charge is -2.21. The molecular formula is C14H15NO4. The Morgan fingerprint density at radius 2 is 1.74 bits per heavy atom. The lowest BCUT2D eigenvalue weighted by atomic mass is 10.1. The van der Waals surface area contributed by atoms with Crippen molar-refractivity contribution in [1.29, 1.82) is 0 Å². The van der Waals surface area contributed by atoms with Crippen LogP contribution in [-0.2, 0) is 4.79 Å². The van der Waals surface area contributed by atoms with E-state index < -0.39 is 12.0 Å². The molecule has 1 saturated heterocycles. The van der Waals surface area contributed by atoms with Crippen LogP contribution in [0.4, 0.5) is 0 Å². The molecule has 5 nitrogen and oxygen atoms in total. The second kappa shape index (κ2) is 5.22. The molecule has 1 aliphatic heterocycles. The Bertz CT molecular complexity index is 521. The SMILES string of the molecule is CC(=O)c1ccc(C(=O)N2CCC[C@H]2C(=O)O)cc1. The number of nitrogens with zero attached hydrogens (tertiary/aromatic N) is 1. The minimum atomic E-state index is -0.966. The number of likely N-dealkylation sites (tertiary alicyclic amines) is 1. The Morgan fingerprint density at radius 1 is 1.16 bits per heavy atom. The first-order valence-corrected chi connectivity index (χ1v) is 6.15. The third kappa shape index (κ3) is 2.65. The summed E-state index contributed by atoms with van der Waals surface area (Å²) in [6.07, 6.45) is 1.20. The smallest absolute Gasteiger partial charge is 0.326 e. The summed E-state index contributed by atoms with van der Waals surface area (Å²) in [5, 5.41) is 9.06. The van der Waals surface area contributed by atoms with E-state index in [0.29, 0.717) is 30.5 Å². The van der Waals surface area contributed by atoms with Crippen molar-refractivity contribution in [2.75, 3.05) is 6.54 Å². The summed E-state index contributed by atoms with van der Waals surface area (Å²) in [6, 6.07) is 5.56. The Morgan fingerprint density at radius 3 is 2.26 bits per heavy atom. The van der Waals surface area contributed by atoms with E-state index in [1.54, 1.807) is 24.3 Å². The summed E-state index contributed by atoms with van der Waals surface area (Å²) in [4.78, 5) is 35.8. The highest BCUT2D eigenvalue weighted by molar-refractivity contribution is 5.99. The minimum absolute atomic E-state index is 0.0661. The molecule has 5 heteroatoms. The first kappa shape index (κ1) is 13.3. The molecule has 0 aliphatic carbocycles. The Labute approximate surface area is 110 Å². The predicted molar refractivity (Wildman–Crippen MR) is 68.1 cm³/mol. The first-order valence-electron chi connectivity index (χ1n) is 6.15. The van der Waals surface area contributed by atoms with Gasteiger partial charge in [-0.05, 0) is 31.9 Å². The number of carboxylic acid groups (broad SMARTS) is 1. The first-order chi connectivity index (χ1) is 9.00. The Balaban J connectivity index is 2.19. The average molecular weight is 261 g/mol. The zero-order chi connectivity index (χ0) is 14.0. The highest BCUT2D eigenvalue weighted by Gasteiger charge is 2.34. The Hall–Kier alpha value is -2.17. The molecule has 1 fully saturated rings. The van der Waals surface area contributed by atoms with Crippen molar-refractivity contribution < 1.29 is 19.5 Å². The van der Waals surface area contributed by atoms with Gasteiger partial charge in [0.05, 0.1) is 0 Å². The van der Waals surface area contributed by atoms with Crippen LogP contribution in [0.3, 0.4) is 0 Å². The molecule has 1 atom stereocenters. The van der Waals surface area contributed by atoms with E-state index in [-0.39, 0.29) is 11.7 Å². The topological polar surface area (TPSA) is 74.7 Å². The van der Waals surface area contributed by atoms with E-state index >= 15 is 0 Å². The number of rotatable bonds is 3. The molecule has 1 aromatic rings. The van der Waals surface area contributed by atoms with E-state index in [9.17, 15) is 14.4 Å². The number of benzene rings is 1. The molecule has 0 spiro atoms. The summed E-state index contributed by atoms with van der Waals surface area (Å²) in [7, 11) is 0. The van der Waals surface area contributed by atoms with Crippen molar-refractivity contribution >= 4 is 17.7 Å². The molecule has 1 amide bonds. The predicted octanol–water partition coefficient (Wildman–Crippen LogP) is 1.58. The van der Waals surface area contributed by atoms with Gasteiger partial charge >= 0.3 is 5.97 Å². The molecule has 1 aliphatic rings. The van der Waals surface area contributed by atoms with Gasteiger partial charge in [-0.25, -0.2) is 4.79 Å². The van der Waals surface area contributed by atoms with E-state index in [0.717, 1.165) is 0 Å². The molecule has 0 aromatic heterocycles. The van der Waals surface area contributed by atoms with E-state index in [1.807, 2.05) is 0 Å². The third-order valence-electron chi connectivity index (χ3n) is 3.34. The van der Waals surface area contributed by atoms with Gasteiger partial charge in [-0.1, -0.05) is 12.1 Å². The van der Waals surface area contributed by atoms with Gasteiger partial charge < -0.3 is 10.0 Å². The maximum atomic E-state index is 12.2. The van der Waals surface area contributed by atoms with Crippen LogP contribution < -0.4 is 0 Å². The van der Waals surface area contributed by atoms with E-state index in [1.165, 1.54) is 11.8 Å². The van der Waals surface area contributed by atoms with Gasteiger partial charge in [0, 0.05) is 17.7 Å². The number of Topliss-reactive ketones (excluding diaryl/α,β-unsaturated/α-hetero) is 1. The van der Waals surface area contributed by atoms with E-state index in [2.05, 4.69) is 0 Å². The zero-order valence-corrected chi connectivity index (χ0v) is 10.6. The minimum Gasteiger partial charge on any atom is -0.480 e. The van der Waals surface area contributed by atoms with Gasteiger partial charge in [-0.2, -0.15) is 0 Å². The van der Waals surface area contributed by atoms with Crippen LogP contribution in [0.2, 0.25) is 0 Å². The maximum Gasteiger partial charge on any atom is 0.326 e. The average Bonchev–Trinajstić information content (AvgIpc) is 2.87. The van der Waals surface area contributed by atoms with Gasteiger partial charge in [-0.15, -0.1) is 0 Å². The lowest BCUT2D eigenvalue weighted by Crippen LogP contribution is -2.40. The monoisotopic (exact) mass is 261 g/mol. The molecular weight excluding hydrogens is 246 g/mol. The van der Waals surface area contributed by atoms with Crippen LogP contribution in [0.15, 0.2) is 24.3 Å². The fourth-order valence-electron chi connectivity index (χ4n) is 2.28. The highest BCUT2D eigenvalue weighted by Crippen LogP contribution is 2.20. The van der Waals surface area contributed by atoms with Crippen LogP contribution in [0.5, 0.6) is 0 Å². The Kier molecular flexibility index (Phi) is 3.64. The van der Waals surface area contributed by atoms with Crippen LogP contribution in [0.1, 0.15) is 40.5 Å². The van der Waals surface area contributed by atoms with Crippen molar-refractivity contribution in [2.24, 2.45) is 0 Å². The van der Waals surface area contributed by atoms with Gasteiger partial charge in [0.1, 0.15) is 6.04 Å². The fraction of sp³-hybridized carbons (Fsp3) is 0.357. The molecule has 0 radical (unpaired) electrons. The molecule has 19 heavy (non-hydrogen) atoms. The molecule has 0 bridgehead atoms. The number of hydrogen-bond acceptors (Lipinski definition) is 3. The van der Waals surface area contributed by atoms with Crippen molar-refractivity contribution in [1.82, 2.24) is 4.90 Å². The highest BCUT2D eigenvalue weighted by atomic mass is 16.4. The molecule has 2 rings (SSSR count). The van der Waals surface area contributed by atoms with Gasteiger partial charge in [0.2, 0.25) is 0 Å². The summed E-state index contributed by atoms with van der Waals surface area (Å²) in [6.45, 7) is 1.92. The summed E-state index contributed by atoms with van der Waals surface area (Å²) in [5.41, 5.74) is 0.950.